The lowest BCUT2D eigenvalue weighted by Crippen LogP contribution is -2.43. The fraction of sp³-hybridized carbons (Fsp3) is 0.381. The molecule has 0 aliphatic carbocycles. The van der Waals surface area contributed by atoms with Gasteiger partial charge in [0.05, 0.1) is 26.3 Å². The highest BCUT2D eigenvalue weighted by atomic mass is 16.5. The predicted molar refractivity (Wildman–Crippen MR) is 103 cm³/mol. The monoisotopic (exact) mass is 356 g/mol. The van der Waals surface area contributed by atoms with Crippen molar-refractivity contribution in [2.75, 3.05) is 21.3 Å². The zero-order chi connectivity index (χ0) is 19.1. The minimum atomic E-state index is -0.280. The molecule has 0 aliphatic heterocycles. The van der Waals surface area contributed by atoms with Crippen molar-refractivity contribution in [1.29, 1.82) is 0 Å². The molecule has 26 heavy (non-hydrogen) atoms. The molecule has 5 heteroatoms. The van der Waals surface area contributed by atoms with E-state index >= 15 is 0 Å². The Balaban J connectivity index is 2.03. The van der Waals surface area contributed by atoms with Crippen molar-refractivity contribution < 1.29 is 14.3 Å². The molecule has 2 atom stereocenters. The van der Waals surface area contributed by atoms with E-state index in [0.717, 1.165) is 11.1 Å². The number of nitrogens with one attached hydrogen (secondary N) is 1. The third-order valence-corrected chi connectivity index (χ3v) is 4.60. The van der Waals surface area contributed by atoms with E-state index in [1.807, 2.05) is 74.3 Å². The largest absolute Gasteiger partial charge is 0.493 e. The maximum atomic E-state index is 12.6. The molecule has 5 nitrogen and oxygen atoms in total. The fourth-order valence-electron chi connectivity index (χ4n) is 2.84. The number of rotatable bonds is 8. The lowest BCUT2D eigenvalue weighted by molar-refractivity contribution is -0.126. The second kappa shape index (κ2) is 9.25. The van der Waals surface area contributed by atoms with Crippen molar-refractivity contribution in [1.82, 2.24) is 10.2 Å². The Bertz CT molecular complexity index is 718. The Morgan fingerprint density at radius 1 is 1.04 bits per heavy atom. The predicted octanol–water partition coefficient (Wildman–Crippen LogP) is 3.40. The van der Waals surface area contributed by atoms with E-state index in [2.05, 4.69) is 5.32 Å². The van der Waals surface area contributed by atoms with Gasteiger partial charge in [-0.15, -0.1) is 0 Å². The summed E-state index contributed by atoms with van der Waals surface area (Å²) in [6.07, 6.45) is 0. The van der Waals surface area contributed by atoms with Gasteiger partial charge in [-0.05, 0) is 32.5 Å². The van der Waals surface area contributed by atoms with Gasteiger partial charge >= 0.3 is 0 Å². The summed E-state index contributed by atoms with van der Waals surface area (Å²) in [5.41, 5.74) is 2.07. The average molecular weight is 356 g/mol. The highest BCUT2D eigenvalue weighted by Crippen LogP contribution is 2.31. The summed E-state index contributed by atoms with van der Waals surface area (Å²) in [7, 11) is 5.17. The maximum Gasteiger partial charge on any atom is 0.237 e. The van der Waals surface area contributed by atoms with E-state index in [1.54, 1.807) is 14.2 Å². The highest BCUT2D eigenvalue weighted by molar-refractivity contribution is 5.81. The summed E-state index contributed by atoms with van der Waals surface area (Å²) in [5, 5.41) is 3.08. The Morgan fingerprint density at radius 3 is 2.35 bits per heavy atom. The van der Waals surface area contributed by atoms with Crippen molar-refractivity contribution in [2.45, 2.75) is 32.5 Å². The zero-order valence-corrected chi connectivity index (χ0v) is 16.2. The van der Waals surface area contributed by atoms with E-state index in [0.29, 0.717) is 18.0 Å². The van der Waals surface area contributed by atoms with Gasteiger partial charge in [0.25, 0.3) is 0 Å². The van der Waals surface area contributed by atoms with Gasteiger partial charge in [-0.2, -0.15) is 0 Å². The van der Waals surface area contributed by atoms with Gasteiger partial charge in [0.1, 0.15) is 0 Å². The number of ether oxygens (including phenoxy) is 2. The van der Waals surface area contributed by atoms with Gasteiger partial charge in [0, 0.05) is 12.1 Å². The van der Waals surface area contributed by atoms with Crippen LogP contribution >= 0.6 is 0 Å². The van der Waals surface area contributed by atoms with Crippen molar-refractivity contribution in [3.8, 4) is 11.5 Å². The second-order valence-electron chi connectivity index (χ2n) is 6.38. The van der Waals surface area contributed by atoms with Crippen molar-refractivity contribution in [3.05, 3.63) is 59.7 Å². The van der Waals surface area contributed by atoms with E-state index in [4.69, 9.17) is 9.47 Å². The maximum absolute atomic E-state index is 12.6. The molecule has 0 saturated heterocycles. The van der Waals surface area contributed by atoms with Gasteiger partial charge in [0.2, 0.25) is 5.91 Å². The molecule has 0 fully saturated rings. The number of amides is 1. The van der Waals surface area contributed by atoms with Crippen LogP contribution in [0, 0.1) is 0 Å². The van der Waals surface area contributed by atoms with E-state index in [9.17, 15) is 4.79 Å². The summed E-state index contributed by atoms with van der Waals surface area (Å²) in [4.78, 5) is 14.6. The normalized spacial score (nSPS) is 13.2. The van der Waals surface area contributed by atoms with Gasteiger partial charge in [-0.3, -0.25) is 9.69 Å². The Labute approximate surface area is 155 Å². The standard InChI is InChI=1S/C21H28N2O3/c1-15(17-10-7-6-8-11-17)22-21(24)16(2)23(3)14-18-12-9-13-19(25-4)20(18)26-5/h6-13,15-16H,14H2,1-5H3,(H,22,24)/t15-,16-/m0/s1. The topological polar surface area (TPSA) is 50.8 Å². The van der Waals surface area contributed by atoms with Crippen LogP contribution in [0.25, 0.3) is 0 Å². The van der Waals surface area contributed by atoms with Gasteiger partial charge in [0.15, 0.2) is 11.5 Å². The molecule has 1 N–H and O–H groups in total. The molecule has 1 amide bonds. The quantitative estimate of drug-likeness (QED) is 0.788. The van der Waals surface area contributed by atoms with Crippen LogP contribution in [0.5, 0.6) is 11.5 Å². The van der Waals surface area contributed by atoms with Crippen LogP contribution in [0.4, 0.5) is 0 Å². The van der Waals surface area contributed by atoms with Gasteiger partial charge < -0.3 is 14.8 Å². The molecule has 2 aromatic rings. The number of likely N-dealkylation sites (N-methyl/N-ethyl adjacent to an activating group) is 1. The molecule has 0 unspecified atom stereocenters. The molecule has 0 heterocycles. The number of hydrogen-bond acceptors (Lipinski definition) is 4. The SMILES string of the molecule is COc1cccc(CN(C)[C@@H](C)C(=O)N[C@@H](C)c2ccccc2)c1OC. The zero-order valence-electron chi connectivity index (χ0n) is 16.2. The van der Waals surface area contributed by atoms with Gasteiger partial charge in [-0.1, -0.05) is 42.5 Å². The molecule has 2 aromatic carbocycles. The minimum absolute atomic E-state index is 0.00860. The number of nitrogens with zero attached hydrogens (tertiary/aromatic N) is 1. The van der Waals surface area contributed by atoms with Crippen LogP contribution in [-0.4, -0.2) is 38.1 Å². The number of carbonyl (C=O) groups excluding carboxylic acids is 1. The molecule has 0 aromatic heterocycles. The van der Waals surface area contributed by atoms with Crippen LogP contribution in [0.15, 0.2) is 48.5 Å². The van der Waals surface area contributed by atoms with Crippen LogP contribution < -0.4 is 14.8 Å². The molecule has 0 spiro atoms. The molecule has 0 aliphatic rings. The first-order chi connectivity index (χ1) is 12.5. The summed E-state index contributed by atoms with van der Waals surface area (Å²) >= 11 is 0. The summed E-state index contributed by atoms with van der Waals surface area (Å²) in [6.45, 7) is 4.47. The number of hydrogen-bond donors (Lipinski definition) is 1. The lowest BCUT2D eigenvalue weighted by atomic mass is 10.1. The second-order valence-corrected chi connectivity index (χ2v) is 6.38. The van der Waals surface area contributed by atoms with E-state index in [1.165, 1.54) is 0 Å². The van der Waals surface area contributed by atoms with E-state index < -0.39 is 0 Å². The summed E-state index contributed by atoms with van der Waals surface area (Å²) < 4.78 is 10.8. The van der Waals surface area contributed by atoms with Crippen molar-refractivity contribution in [3.63, 3.8) is 0 Å². The smallest absolute Gasteiger partial charge is 0.237 e. The molecule has 0 radical (unpaired) electrons. The first-order valence-corrected chi connectivity index (χ1v) is 8.73. The minimum Gasteiger partial charge on any atom is -0.493 e. The molecular weight excluding hydrogens is 328 g/mol. The third-order valence-electron chi connectivity index (χ3n) is 4.60. The highest BCUT2D eigenvalue weighted by Gasteiger charge is 2.21. The first-order valence-electron chi connectivity index (χ1n) is 8.73. The molecular formula is C21H28N2O3. The molecule has 0 saturated carbocycles. The van der Waals surface area contributed by atoms with E-state index in [-0.39, 0.29) is 18.0 Å². The molecule has 140 valence electrons. The first kappa shape index (κ1) is 19.8. The average Bonchev–Trinajstić information content (AvgIpc) is 2.67. The summed E-state index contributed by atoms with van der Waals surface area (Å²) in [5.74, 6) is 1.38. The fourth-order valence-corrected chi connectivity index (χ4v) is 2.84. The van der Waals surface area contributed by atoms with Crippen LogP contribution in [0.3, 0.4) is 0 Å². The van der Waals surface area contributed by atoms with Crippen LogP contribution in [-0.2, 0) is 11.3 Å². The van der Waals surface area contributed by atoms with Crippen molar-refractivity contribution in [2.24, 2.45) is 0 Å². The van der Waals surface area contributed by atoms with Crippen LogP contribution in [0.2, 0.25) is 0 Å². The Hall–Kier alpha value is -2.53. The molecule has 2 rings (SSSR count). The number of para-hydroxylation sites is 1. The Morgan fingerprint density at radius 2 is 1.73 bits per heavy atom. The van der Waals surface area contributed by atoms with Crippen LogP contribution in [0.1, 0.15) is 31.0 Å². The molecule has 0 bridgehead atoms. The number of methoxy groups -OCH3 is 2. The number of benzene rings is 2. The summed E-state index contributed by atoms with van der Waals surface area (Å²) in [6, 6.07) is 15.4. The van der Waals surface area contributed by atoms with Gasteiger partial charge in [-0.25, -0.2) is 0 Å². The lowest BCUT2D eigenvalue weighted by Gasteiger charge is -2.26. The number of carbonyl (C=O) groups is 1. The van der Waals surface area contributed by atoms with Crippen molar-refractivity contribution >= 4 is 5.91 Å². The Kier molecular flexibility index (Phi) is 7.04. The third kappa shape index (κ3) is 4.76.